The predicted octanol–water partition coefficient (Wildman–Crippen LogP) is 4.34. The Morgan fingerprint density at radius 2 is 2.06 bits per heavy atom. The molecule has 0 radical (unpaired) electrons. The lowest BCUT2D eigenvalue weighted by atomic mass is 10.2. The van der Waals surface area contributed by atoms with Crippen LogP contribution >= 0.6 is 22.6 Å². The van der Waals surface area contributed by atoms with E-state index in [1.165, 1.54) is 3.57 Å². The number of carbonyl (C=O) groups is 1. The fourth-order valence-corrected chi connectivity index (χ4v) is 1.81. The first kappa shape index (κ1) is 14.3. The zero-order valence-corrected chi connectivity index (χ0v) is 12.6. The lowest BCUT2D eigenvalue weighted by Crippen LogP contribution is -2.21. The second-order valence-electron chi connectivity index (χ2n) is 3.93. The molecule has 1 aromatic carbocycles. The van der Waals surface area contributed by atoms with Crippen molar-refractivity contribution in [1.29, 1.82) is 0 Å². The summed E-state index contributed by atoms with van der Waals surface area (Å²) < 4.78 is 6.45. The molecule has 94 valence electrons. The molecule has 0 saturated heterocycles. The molecule has 0 aromatic heterocycles. The average Bonchev–Trinajstić information content (AvgIpc) is 2.31. The molecule has 0 unspecified atom stereocenters. The molecular formula is C13H18INO2. The smallest absolute Gasteiger partial charge is 0.411 e. The SMILES string of the molecule is CCC(CC)OC(=O)Nc1ccc(I)c(C)c1. The summed E-state index contributed by atoms with van der Waals surface area (Å²) in [5, 5.41) is 2.74. The Kier molecular flexibility index (Phi) is 5.74. The van der Waals surface area contributed by atoms with Crippen LogP contribution in [0.1, 0.15) is 32.3 Å². The average molecular weight is 347 g/mol. The zero-order chi connectivity index (χ0) is 12.8. The van der Waals surface area contributed by atoms with Gasteiger partial charge in [0.05, 0.1) is 0 Å². The van der Waals surface area contributed by atoms with E-state index in [-0.39, 0.29) is 12.2 Å². The van der Waals surface area contributed by atoms with Gasteiger partial charge in [-0.1, -0.05) is 13.8 Å². The minimum absolute atomic E-state index is 0.0000507. The Morgan fingerprint density at radius 1 is 1.41 bits per heavy atom. The summed E-state index contributed by atoms with van der Waals surface area (Å²) in [4.78, 5) is 11.6. The summed E-state index contributed by atoms with van der Waals surface area (Å²) in [6.07, 6.45) is 1.31. The molecule has 4 heteroatoms. The largest absolute Gasteiger partial charge is 0.446 e. The quantitative estimate of drug-likeness (QED) is 0.823. The third-order valence-corrected chi connectivity index (χ3v) is 3.80. The van der Waals surface area contributed by atoms with E-state index in [0.29, 0.717) is 0 Å². The topological polar surface area (TPSA) is 38.3 Å². The molecule has 3 nitrogen and oxygen atoms in total. The van der Waals surface area contributed by atoms with Gasteiger partial charge in [-0.15, -0.1) is 0 Å². The van der Waals surface area contributed by atoms with E-state index in [1.54, 1.807) is 0 Å². The highest BCUT2D eigenvalue weighted by Gasteiger charge is 2.10. The first-order chi connectivity index (χ1) is 8.06. The van der Waals surface area contributed by atoms with Crippen LogP contribution in [0.4, 0.5) is 10.5 Å². The number of anilines is 1. The predicted molar refractivity (Wildman–Crippen MR) is 78.4 cm³/mol. The molecule has 1 N–H and O–H groups in total. The van der Waals surface area contributed by atoms with Gasteiger partial charge in [0, 0.05) is 9.26 Å². The van der Waals surface area contributed by atoms with E-state index >= 15 is 0 Å². The summed E-state index contributed by atoms with van der Waals surface area (Å²) >= 11 is 2.26. The van der Waals surface area contributed by atoms with Gasteiger partial charge in [-0.05, 0) is 66.1 Å². The number of nitrogens with one attached hydrogen (secondary N) is 1. The molecule has 17 heavy (non-hydrogen) atoms. The van der Waals surface area contributed by atoms with Gasteiger partial charge < -0.3 is 4.74 Å². The van der Waals surface area contributed by atoms with E-state index in [0.717, 1.165) is 24.1 Å². The number of hydrogen-bond donors (Lipinski definition) is 1. The zero-order valence-electron chi connectivity index (χ0n) is 10.4. The standard InChI is InChI=1S/C13H18INO2/c1-4-11(5-2)17-13(16)15-10-6-7-12(14)9(3)8-10/h6-8,11H,4-5H2,1-3H3,(H,15,16). The van der Waals surface area contributed by atoms with Gasteiger partial charge in [0.15, 0.2) is 0 Å². The lowest BCUT2D eigenvalue weighted by Gasteiger charge is -2.14. The molecule has 0 saturated carbocycles. The second kappa shape index (κ2) is 6.83. The van der Waals surface area contributed by atoms with Gasteiger partial charge in [0.25, 0.3) is 0 Å². The van der Waals surface area contributed by atoms with Crippen LogP contribution in [0.5, 0.6) is 0 Å². The molecule has 1 rings (SSSR count). The van der Waals surface area contributed by atoms with Gasteiger partial charge >= 0.3 is 6.09 Å². The number of amides is 1. The number of aryl methyl sites for hydroxylation is 1. The third kappa shape index (κ3) is 4.53. The Labute approximate surface area is 116 Å². The fourth-order valence-electron chi connectivity index (χ4n) is 1.48. The first-order valence-electron chi connectivity index (χ1n) is 5.80. The van der Waals surface area contributed by atoms with Gasteiger partial charge in [0.2, 0.25) is 0 Å². The van der Waals surface area contributed by atoms with Crippen molar-refractivity contribution < 1.29 is 9.53 Å². The van der Waals surface area contributed by atoms with Crippen LogP contribution in [-0.4, -0.2) is 12.2 Å². The van der Waals surface area contributed by atoms with Crippen LogP contribution in [0.25, 0.3) is 0 Å². The minimum atomic E-state index is -0.376. The molecule has 0 bridgehead atoms. The van der Waals surface area contributed by atoms with E-state index < -0.39 is 0 Å². The maximum atomic E-state index is 11.6. The van der Waals surface area contributed by atoms with Gasteiger partial charge in [-0.2, -0.15) is 0 Å². The van der Waals surface area contributed by atoms with Crippen LogP contribution in [0, 0.1) is 10.5 Å². The van der Waals surface area contributed by atoms with E-state index in [2.05, 4.69) is 27.9 Å². The summed E-state index contributed by atoms with van der Waals surface area (Å²) in [6, 6.07) is 5.79. The van der Waals surface area contributed by atoms with Crippen molar-refractivity contribution in [3.8, 4) is 0 Å². The number of carbonyl (C=O) groups excluding carboxylic acids is 1. The van der Waals surface area contributed by atoms with Crippen LogP contribution in [0.3, 0.4) is 0 Å². The maximum Gasteiger partial charge on any atom is 0.411 e. The van der Waals surface area contributed by atoms with Crippen LogP contribution in [-0.2, 0) is 4.74 Å². The third-order valence-electron chi connectivity index (χ3n) is 2.59. The van der Waals surface area contributed by atoms with Crippen LogP contribution in [0.15, 0.2) is 18.2 Å². The number of halogens is 1. The number of hydrogen-bond acceptors (Lipinski definition) is 2. The van der Waals surface area contributed by atoms with Crippen LogP contribution in [0.2, 0.25) is 0 Å². The molecule has 0 atom stereocenters. The molecule has 0 aliphatic carbocycles. The van der Waals surface area contributed by atoms with E-state index in [9.17, 15) is 4.79 Å². The Hall–Kier alpha value is -0.780. The van der Waals surface area contributed by atoms with Gasteiger partial charge in [0.1, 0.15) is 6.10 Å². The van der Waals surface area contributed by atoms with Crippen molar-refractivity contribution in [3.63, 3.8) is 0 Å². The number of ether oxygens (including phenoxy) is 1. The van der Waals surface area contributed by atoms with Crippen molar-refractivity contribution in [1.82, 2.24) is 0 Å². The highest BCUT2D eigenvalue weighted by Crippen LogP contribution is 2.17. The van der Waals surface area contributed by atoms with Crippen molar-refractivity contribution in [2.24, 2.45) is 0 Å². The monoisotopic (exact) mass is 347 g/mol. The minimum Gasteiger partial charge on any atom is -0.446 e. The van der Waals surface area contributed by atoms with Gasteiger partial charge in [-0.3, -0.25) is 5.32 Å². The van der Waals surface area contributed by atoms with Crippen molar-refractivity contribution in [3.05, 3.63) is 27.3 Å². The van der Waals surface area contributed by atoms with Crippen molar-refractivity contribution >= 4 is 34.4 Å². The lowest BCUT2D eigenvalue weighted by molar-refractivity contribution is 0.106. The van der Waals surface area contributed by atoms with E-state index in [4.69, 9.17) is 4.74 Å². The maximum absolute atomic E-state index is 11.6. The Balaban J connectivity index is 2.58. The Bertz CT molecular complexity index is 389. The molecule has 0 heterocycles. The highest BCUT2D eigenvalue weighted by molar-refractivity contribution is 14.1. The molecule has 0 fully saturated rings. The first-order valence-corrected chi connectivity index (χ1v) is 6.88. The molecule has 1 aromatic rings. The van der Waals surface area contributed by atoms with Crippen molar-refractivity contribution in [2.75, 3.05) is 5.32 Å². The summed E-state index contributed by atoms with van der Waals surface area (Å²) in [7, 11) is 0. The summed E-state index contributed by atoms with van der Waals surface area (Å²) in [5.41, 5.74) is 1.92. The summed E-state index contributed by atoms with van der Waals surface area (Å²) in [5.74, 6) is 0. The molecular weight excluding hydrogens is 329 g/mol. The normalized spacial score (nSPS) is 10.4. The second-order valence-corrected chi connectivity index (χ2v) is 5.09. The van der Waals surface area contributed by atoms with Gasteiger partial charge in [-0.25, -0.2) is 4.79 Å². The van der Waals surface area contributed by atoms with Crippen LogP contribution < -0.4 is 5.32 Å². The fraction of sp³-hybridized carbons (Fsp3) is 0.462. The number of rotatable bonds is 4. The highest BCUT2D eigenvalue weighted by atomic mass is 127. The molecule has 0 aliphatic heterocycles. The molecule has 0 aliphatic rings. The molecule has 1 amide bonds. The number of benzene rings is 1. The Morgan fingerprint density at radius 3 is 2.59 bits per heavy atom. The summed E-state index contributed by atoms with van der Waals surface area (Å²) in [6.45, 7) is 6.03. The van der Waals surface area contributed by atoms with Crippen molar-refractivity contribution in [2.45, 2.75) is 39.7 Å². The molecule has 0 spiro atoms. The van der Waals surface area contributed by atoms with E-state index in [1.807, 2.05) is 39.0 Å².